The summed E-state index contributed by atoms with van der Waals surface area (Å²) in [5.41, 5.74) is 1.47. The lowest BCUT2D eigenvalue weighted by Gasteiger charge is -2.12. The second-order valence-corrected chi connectivity index (χ2v) is 7.48. The van der Waals surface area contributed by atoms with E-state index < -0.39 is 26.6 Å². The van der Waals surface area contributed by atoms with Crippen LogP contribution >= 0.6 is 0 Å². The van der Waals surface area contributed by atoms with E-state index in [0.29, 0.717) is 12.8 Å². The van der Waals surface area contributed by atoms with E-state index in [1.165, 1.54) is 0 Å². The molecule has 0 bridgehead atoms. The Bertz CT molecular complexity index is 946. The number of hydrogen-bond acceptors (Lipinski definition) is 6. The van der Waals surface area contributed by atoms with Crippen LogP contribution in [-0.4, -0.2) is 19.1 Å². The van der Waals surface area contributed by atoms with Crippen LogP contribution in [0.4, 0.5) is 5.69 Å². The molecule has 130 valence electrons. The van der Waals surface area contributed by atoms with Crippen LogP contribution in [-0.2, 0) is 22.9 Å². The fourth-order valence-corrected chi connectivity index (χ4v) is 3.91. The molecule has 3 rings (SSSR count). The number of carbonyl (C=O) groups excluding carboxylic acids is 1. The van der Waals surface area contributed by atoms with Crippen molar-refractivity contribution in [2.24, 2.45) is 11.8 Å². The molecule has 8 nitrogen and oxygen atoms in total. The molecule has 0 aromatic heterocycles. The molecule has 0 saturated heterocycles. The zero-order valence-electron chi connectivity index (χ0n) is 13.0. The highest BCUT2D eigenvalue weighted by atomic mass is 32.2. The van der Waals surface area contributed by atoms with E-state index in [1.54, 1.807) is 4.83 Å². The third kappa shape index (κ3) is 3.16. The summed E-state index contributed by atoms with van der Waals surface area (Å²) < 4.78 is 24.2. The van der Waals surface area contributed by atoms with Gasteiger partial charge in [0, 0.05) is 23.6 Å². The molecular weight excluding hydrogens is 346 g/mol. The van der Waals surface area contributed by atoms with Crippen LogP contribution in [0.15, 0.2) is 47.4 Å². The molecule has 0 aliphatic heterocycles. The quantitative estimate of drug-likeness (QED) is 0.357. The molecule has 3 N–H and O–H groups in total. The van der Waals surface area contributed by atoms with Crippen molar-refractivity contribution in [3.05, 3.63) is 69.3 Å². The molecule has 2 aromatic rings. The minimum absolute atomic E-state index is 0.218. The van der Waals surface area contributed by atoms with E-state index in [1.807, 2.05) is 24.3 Å². The zero-order valence-corrected chi connectivity index (χ0v) is 13.8. The van der Waals surface area contributed by atoms with Crippen molar-refractivity contribution in [3.8, 4) is 0 Å². The maximum atomic E-state index is 12.9. The van der Waals surface area contributed by atoms with Crippen LogP contribution < -0.4 is 10.7 Å². The van der Waals surface area contributed by atoms with Gasteiger partial charge in [-0.3, -0.25) is 20.8 Å². The van der Waals surface area contributed by atoms with Gasteiger partial charge in [0.25, 0.3) is 15.7 Å². The number of nitro benzene ring substituents is 1. The summed E-state index contributed by atoms with van der Waals surface area (Å²) in [4.78, 5) is 24.6. The molecule has 0 atom stereocenters. The Balaban J connectivity index is 2.04. The first-order chi connectivity index (χ1) is 11.8. The minimum Gasteiger partial charge on any atom is -0.294 e. The molecule has 1 aliphatic rings. The average Bonchev–Trinajstić information content (AvgIpc) is 3.04. The molecular formula is C16H15N3O5S. The molecule has 0 radical (unpaired) electrons. The Hall–Kier alpha value is -2.62. The molecule has 0 fully saturated rings. The lowest BCUT2D eigenvalue weighted by atomic mass is 9.94. The number of hydrazine groups is 1. The van der Waals surface area contributed by atoms with Gasteiger partial charge >= 0.3 is 0 Å². The number of nitrogens with one attached hydrogen (secondary N) is 1. The Kier molecular flexibility index (Phi) is 4.38. The largest absolute Gasteiger partial charge is 0.294 e. The highest BCUT2D eigenvalue weighted by Crippen LogP contribution is 2.32. The molecule has 9 heteroatoms. The number of ketones is 1. The van der Waals surface area contributed by atoms with Crippen LogP contribution in [0.25, 0.3) is 0 Å². The number of nitrogens with zero attached hydrogens (tertiary/aromatic N) is 1. The number of fused-ring (bicyclic) bond motifs is 1. The topological polar surface area (TPSA) is 132 Å². The van der Waals surface area contributed by atoms with E-state index in [9.17, 15) is 23.3 Å². The number of rotatable bonds is 5. The van der Waals surface area contributed by atoms with Crippen molar-refractivity contribution in [1.29, 1.82) is 0 Å². The van der Waals surface area contributed by atoms with Gasteiger partial charge in [0.05, 0.1) is 9.82 Å². The maximum Gasteiger partial charge on any atom is 0.270 e. The van der Waals surface area contributed by atoms with Crippen molar-refractivity contribution in [1.82, 2.24) is 4.83 Å². The van der Waals surface area contributed by atoms with Crippen LogP contribution in [0.3, 0.4) is 0 Å². The Morgan fingerprint density at radius 1 is 1.16 bits per heavy atom. The average molecular weight is 361 g/mol. The fourth-order valence-electron chi connectivity index (χ4n) is 3.09. The highest BCUT2D eigenvalue weighted by Gasteiger charge is 2.32. The van der Waals surface area contributed by atoms with Gasteiger partial charge in [0.15, 0.2) is 5.78 Å². The van der Waals surface area contributed by atoms with E-state index in [2.05, 4.69) is 0 Å². The van der Waals surface area contributed by atoms with Crippen molar-refractivity contribution >= 4 is 21.5 Å². The summed E-state index contributed by atoms with van der Waals surface area (Å²) in [5, 5.41) is 11.0. The Morgan fingerprint density at radius 3 is 2.28 bits per heavy atom. The molecule has 1 aliphatic carbocycles. The minimum atomic E-state index is -4.13. The Labute approximate surface area is 143 Å². The van der Waals surface area contributed by atoms with Gasteiger partial charge in [0.1, 0.15) is 0 Å². The zero-order chi connectivity index (χ0) is 18.2. The van der Waals surface area contributed by atoms with Crippen molar-refractivity contribution < 1.29 is 18.1 Å². The number of nitrogens with two attached hydrogens (primary N) is 1. The molecule has 2 aromatic carbocycles. The van der Waals surface area contributed by atoms with E-state index >= 15 is 0 Å². The number of non-ortho nitro benzene ring substituents is 1. The Morgan fingerprint density at radius 2 is 1.76 bits per heavy atom. The third-order valence-electron chi connectivity index (χ3n) is 4.31. The van der Waals surface area contributed by atoms with Gasteiger partial charge in [-0.1, -0.05) is 24.3 Å². The molecule has 0 saturated carbocycles. The number of benzene rings is 2. The smallest absolute Gasteiger partial charge is 0.270 e. The van der Waals surface area contributed by atoms with E-state index in [4.69, 9.17) is 5.84 Å². The van der Waals surface area contributed by atoms with Crippen molar-refractivity contribution in [3.63, 3.8) is 0 Å². The van der Waals surface area contributed by atoms with E-state index in [0.717, 1.165) is 29.3 Å². The molecule has 0 spiro atoms. The van der Waals surface area contributed by atoms with Crippen LogP contribution in [0.2, 0.25) is 0 Å². The fraction of sp³-hybridized carbons (Fsp3) is 0.188. The predicted octanol–water partition coefficient (Wildman–Crippen LogP) is 1.34. The predicted molar refractivity (Wildman–Crippen MR) is 89.3 cm³/mol. The normalized spacial score (nSPS) is 14.3. The van der Waals surface area contributed by atoms with Crippen LogP contribution in [0, 0.1) is 16.0 Å². The maximum absolute atomic E-state index is 12.9. The summed E-state index contributed by atoms with van der Waals surface area (Å²) in [6, 6.07) is 10.6. The van der Waals surface area contributed by atoms with Gasteiger partial charge in [-0.15, -0.1) is 0 Å². The first kappa shape index (κ1) is 17.2. The number of carbonyl (C=O) groups is 1. The van der Waals surface area contributed by atoms with Crippen molar-refractivity contribution in [2.45, 2.75) is 17.7 Å². The monoisotopic (exact) mass is 361 g/mol. The lowest BCUT2D eigenvalue weighted by Crippen LogP contribution is -2.32. The summed E-state index contributed by atoms with van der Waals surface area (Å²) in [7, 11) is -4.13. The van der Waals surface area contributed by atoms with Gasteiger partial charge in [0.2, 0.25) is 0 Å². The molecule has 0 amide bonds. The van der Waals surface area contributed by atoms with Gasteiger partial charge < -0.3 is 0 Å². The summed E-state index contributed by atoms with van der Waals surface area (Å²) >= 11 is 0. The SMILES string of the molecule is NNS(=O)(=O)c1ccc([N+](=O)[O-])cc1C(=O)C1Cc2ccccc2C1. The van der Waals surface area contributed by atoms with E-state index in [-0.39, 0.29) is 16.1 Å². The van der Waals surface area contributed by atoms with Gasteiger partial charge in [-0.2, -0.15) is 4.83 Å². The second-order valence-electron chi connectivity index (χ2n) is 5.80. The number of Topliss-reactive ketones (excluding diaryl/α,β-unsaturated/α-hetero) is 1. The first-order valence-electron chi connectivity index (χ1n) is 7.45. The lowest BCUT2D eigenvalue weighted by molar-refractivity contribution is -0.384. The van der Waals surface area contributed by atoms with Crippen LogP contribution in [0.5, 0.6) is 0 Å². The number of hydrogen-bond donors (Lipinski definition) is 2. The molecule has 0 unspecified atom stereocenters. The van der Waals surface area contributed by atoms with Crippen LogP contribution in [0.1, 0.15) is 21.5 Å². The second kappa shape index (κ2) is 6.36. The summed E-state index contributed by atoms with van der Waals surface area (Å²) in [5.74, 6) is 4.13. The summed E-state index contributed by atoms with van der Waals surface area (Å²) in [6.07, 6.45) is 0.931. The number of nitro groups is 1. The highest BCUT2D eigenvalue weighted by molar-refractivity contribution is 7.89. The first-order valence-corrected chi connectivity index (χ1v) is 8.93. The molecule has 0 heterocycles. The van der Waals surface area contributed by atoms with Gasteiger partial charge in [-0.25, -0.2) is 8.42 Å². The summed E-state index contributed by atoms with van der Waals surface area (Å²) in [6.45, 7) is 0. The van der Waals surface area contributed by atoms with Gasteiger partial charge in [-0.05, 0) is 30.0 Å². The molecule has 25 heavy (non-hydrogen) atoms. The standard InChI is InChI=1S/C16H15N3O5S/c17-18-25(23,24)15-6-5-13(19(21)22)9-14(15)16(20)12-7-10-3-1-2-4-11(10)8-12/h1-6,9,12,18H,7-8,17H2. The number of sulfonamides is 1. The van der Waals surface area contributed by atoms with Crippen molar-refractivity contribution in [2.75, 3.05) is 0 Å². The third-order valence-corrected chi connectivity index (χ3v) is 5.55.